The average Bonchev–Trinajstić information content (AvgIpc) is 2.45. The Morgan fingerprint density at radius 3 is 2.67 bits per heavy atom. The van der Waals surface area contributed by atoms with Crippen LogP contribution >= 0.6 is 11.8 Å². The first-order valence-electron chi connectivity index (χ1n) is 7.53. The zero-order valence-electron chi connectivity index (χ0n) is 12.8. The highest BCUT2D eigenvalue weighted by Gasteiger charge is 2.25. The summed E-state index contributed by atoms with van der Waals surface area (Å²) >= 11 is 1.39. The van der Waals surface area contributed by atoms with Crippen LogP contribution in [0.4, 0.5) is 0 Å². The first kappa shape index (κ1) is 16.2. The summed E-state index contributed by atoms with van der Waals surface area (Å²) in [5.41, 5.74) is 7.65. The van der Waals surface area contributed by atoms with Crippen LogP contribution in [-0.2, 0) is 4.79 Å². The molecule has 2 atom stereocenters. The molecule has 5 nitrogen and oxygen atoms in total. The zero-order valence-corrected chi connectivity index (χ0v) is 13.6. The van der Waals surface area contributed by atoms with Crippen LogP contribution in [0.15, 0.2) is 11.2 Å². The van der Waals surface area contributed by atoms with Crippen LogP contribution in [0.1, 0.15) is 37.1 Å². The number of nitrogens with two attached hydrogens (primary N) is 1. The summed E-state index contributed by atoms with van der Waals surface area (Å²) in [6.07, 6.45) is 4.56. The second kappa shape index (κ2) is 7.75. The van der Waals surface area contributed by atoms with Gasteiger partial charge in [-0.2, -0.15) is 0 Å². The molecule has 1 aliphatic rings. The summed E-state index contributed by atoms with van der Waals surface area (Å²) in [5, 5.41) is 3.79. The number of carbonyl (C=O) groups excluding carboxylic acids is 1. The Labute approximate surface area is 130 Å². The van der Waals surface area contributed by atoms with Gasteiger partial charge in [0.15, 0.2) is 5.16 Å². The molecule has 3 N–H and O–H groups in total. The smallest absolute Gasteiger partial charge is 0.230 e. The molecule has 1 saturated carbocycles. The van der Waals surface area contributed by atoms with Crippen molar-refractivity contribution in [1.82, 2.24) is 15.3 Å². The zero-order chi connectivity index (χ0) is 15.2. The molecular formula is C15H24N4OS. The molecule has 6 heteroatoms. The maximum absolute atomic E-state index is 12.1. The number of nitrogens with zero attached hydrogens (tertiary/aromatic N) is 2. The molecule has 0 aliphatic heterocycles. The van der Waals surface area contributed by atoms with E-state index < -0.39 is 0 Å². The van der Waals surface area contributed by atoms with Crippen LogP contribution in [0.25, 0.3) is 0 Å². The molecule has 1 aliphatic carbocycles. The second-order valence-corrected chi connectivity index (χ2v) is 6.62. The third-order valence-electron chi connectivity index (χ3n) is 3.85. The number of hydrogen-bond donors (Lipinski definition) is 2. The van der Waals surface area contributed by atoms with E-state index in [0.29, 0.717) is 23.4 Å². The lowest BCUT2D eigenvalue weighted by molar-refractivity contribution is -0.119. The molecule has 1 amide bonds. The van der Waals surface area contributed by atoms with Gasteiger partial charge in [-0.15, -0.1) is 0 Å². The van der Waals surface area contributed by atoms with Crippen molar-refractivity contribution in [3.63, 3.8) is 0 Å². The van der Waals surface area contributed by atoms with Gasteiger partial charge in [-0.05, 0) is 45.2 Å². The van der Waals surface area contributed by atoms with Crippen molar-refractivity contribution in [3.8, 4) is 0 Å². The third kappa shape index (κ3) is 4.97. The van der Waals surface area contributed by atoms with E-state index in [1.165, 1.54) is 24.6 Å². The van der Waals surface area contributed by atoms with Crippen molar-refractivity contribution in [3.05, 3.63) is 17.5 Å². The number of rotatable bonds is 5. The number of hydrogen-bond acceptors (Lipinski definition) is 5. The Balaban J connectivity index is 1.84. The van der Waals surface area contributed by atoms with Gasteiger partial charge in [0, 0.05) is 17.4 Å². The van der Waals surface area contributed by atoms with E-state index in [-0.39, 0.29) is 11.9 Å². The normalized spacial score (nSPS) is 22.0. The molecule has 0 radical (unpaired) electrons. The number of aryl methyl sites for hydroxylation is 2. The summed E-state index contributed by atoms with van der Waals surface area (Å²) in [5.74, 6) is 0.828. The van der Waals surface area contributed by atoms with Gasteiger partial charge in [-0.25, -0.2) is 9.97 Å². The Morgan fingerprint density at radius 1 is 1.33 bits per heavy atom. The first-order chi connectivity index (χ1) is 10.1. The van der Waals surface area contributed by atoms with Crippen molar-refractivity contribution >= 4 is 17.7 Å². The van der Waals surface area contributed by atoms with Crippen LogP contribution in [0.3, 0.4) is 0 Å². The van der Waals surface area contributed by atoms with E-state index in [2.05, 4.69) is 15.3 Å². The third-order valence-corrected chi connectivity index (χ3v) is 4.70. The lowest BCUT2D eigenvalue weighted by Crippen LogP contribution is -2.45. The van der Waals surface area contributed by atoms with Gasteiger partial charge >= 0.3 is 0 Å². The van der Waals surface area contributed by atoms with Crippen molar-refractivity contribution in [2.24, 2.45) is 11.7 Å². The van der Waals surface area contributed by atoms with Crippen molar-refractivity contribution in [2.45, 2.75) is 50.7 Å². The standard InChI is InChI=1S/C15H24N4OS/c1-10-7-11(2)18-15(17-10)21-9-14(20)19-13-6-4-3-5-12(13)8-16/h7,12-13H,3-6,8-9,16H2,1-2H3,(H,19,20). The van der Waals surface area contributed by atoms with Gasteiger partial charge in [0.25, 0.3) is 0 Å². The van der Waals surface area contributed by atoms with Crippen LogP contribution in [0.2, 0.25) is 0 Å². The summed E-state index contributed by atoms with van der Waals surface area (Å²) in [6.45, 7) is 4.53. The summed E-state index contributed by atoms with van der Waals surface area (Å²) in [6, 6.07) is 2.16. The maximum Gasteiger partial charge on any atom is 0.230 e. The van der Waals surface area contributed by atoms with E-state index in [4.69, 9.17) is 5.73 Å². The van der Waals surface area contributed by atoms with E-state index in [1.54, 1.807) is 0 Å². The quantitative estimate of drug-likeness (QED) is 0.640. The molecule has 0 spiro atoms. The average molecular weight is 308 g/mol. The van der Waals surface area contributed by atoms with Crippen molar-refractivity contribution in [2.75, 3.05) is 12.3 Å². The maximum atomic E-state index is 12.1. The van der Waals surface area contributed by atoms with Gasteiger partial charge in [0.2, 0.25) is 5.91 Å². The Bertz CT molecular complexity index is 474. The highest BCUT2D eigenvalue weighted by atomic mass is 32.2. The molecule has 116 valence electrons. The van der Waals surface area contributed by atoms with Crippen LogP contribution in [0.5, 0.6) is 0 Å². The molecular weight excluding hydrogens is 284 g/mol. The van der Waals surface area contributed by atoms with E-state index in [1.807, 2.05) is 19.9 Å². The van der Waals surface area contributed by atoms with Crippen molar-refractivity contribution in [1.29, 1.82) is 0 Å². The first-order valence-corrected chi connectivity index (χ1v) is 8.51. The monoisotopic (exact) mass is 308 g/mol. The minimum Gasteiger partial charge on any atom is -0.352 e. The lowest BCUT2D eigenvalue weighted by Gasteiger charge is -2.31. The molecule has 0 saturated heterocycles. The molecule has 21 heavy (non-hydrogen) atoms. The highest BCUT2D eigenvalue weighted by molar-refractivity contribution is 7.99. The van der Waals surface area contributed by atoms with Crippen LogP contribution < -0.4 is 11.1 Å². The Morgan fingerprint density at radius 2 is 2.00 bits per heavy atom. The predicted octanol–water partition coefficient (Wildman–Crippen LogP) is 1.82. The summed E-state index contributed by atoms with van der Waals surface area (Å²) in [7, 11) is 0. The predicted molar refractivity (Wildman–Crippen MR) is 85.2 cm³/mol. The lowest BCUT2D eigenvalue weighted by atomic mass is 9.84. The molecule has 2 unspecified atom stereocenters. The van der Waals surface area contributed by atoms with Gasteiger partial charge in [0.05, 0.1) is 5.75 Å². The SMILES string of the molecule is Cc1cc(C)nc(SCC(=O)NC2CCCCC2CN)n1. The molecule has 0 bridgehead atoms. The Hall–Kier alpha value is -1.14. The number of carbonyl (C=O) groups is 1. The fourth-order valence-electron chi connectivity index (χ4n) is 2.82. The van der Waals surface area contributed by atoms with Gasteiger partial charge in [0.1, 0.15) is 0 Å². The molecule has 2 rings (SSSR count). The number of nitrogens with one attached hydrogen (secondary N) is 1. The molecule has 0 aromatic carbocycles. The summed E-state index contributed by atoms with van der Waals surface area (Å²) < 4.78 is 0. The van der Waals surface area contributed by atoms with Crippen LogP contribution in [-0.4, -0.2) is 34.2 Å². The number of amides is 1. The molecule has 1 aromatic rings. The van der Waals surface area contributed by atoms with Crippen LogP contribution in [0, 0.1) is 19.8 Å². The van der Waals surface area contributed by atoms with Gasteiger partial charge in [-0.1, -0.05) is 24.6 Å². The largest absolute Gasteiger partial charge is 0.352 e. The topological polar surface area (TPSA) is 80.9 Å². The fourth-order valence-corrected chi connectivity index (χ4v) is 3.58. The number of thioether (sulfide) groups is 1. The number of aromatic nitrogens is 2. The fraction of sp³-hybridized carbons (Fsp3) is 0.667. The van der Waals surface area contributed by atoms with Crippen molar-refractivity contribution < 1.29 is 4.79 Å². The van der Waals surface area contributed by atoms with E-state index in [0.717, 1.165) is 24.2 Å². The van der Waals surface area contributed by atoms with Gasteiger partial charge < -0.3 is 11.1 Å². The molecule has 1 heterocycles. The highest BCUT2D eigenvalue weighted by Crippen LogP contribution is 2.23. The van der Waals surface area contributed by atoms with E-state index >= 15 is 0 Å². The summed E-state index contributed by atoms with van der Waals surface area (Å²) in [4.78, 5) is 20.8. The minimum atomic E-state index is 0.0492. The molecule has 1 fully saturated rings. The minimum absolute atomic E-state index is 0.0492. The Kier molecular flexibility index (Phi) is 5.99. The van der Waals surface area contributed by atoms with Gasteiger partial charge in [-0.3, -0.25) is 4.79 Å². The van der Waals surface area contributed by atoms with E-state index in [9.17, 15) is 4.79 Å². The molecule has 1 aromatic heterocycles. The second-order valence-electron chi connectivity index (χ2n) is 5.68.